The van der Waals surface area contributed by atoms with E-state index in [-0.39, 0.29) is 0 Å². The zero-order valence-electron chi connectivity index (χ0n) is 9.41. The van der Waals surface area contributed by atoms with Gasteiger partial charge < -0.3 is 5.32 Å². The first-order valence-electron chi connectivity index (χ1n) is 5.57. The number of aromatic nitrogens is 1. The molecule has 0 aliphatic carbocycles. The Kier molecular flexibility index (Phi) is 7.09. The first kappa shape index (κ1) is 12.4. The number of thioether (sulfide) groups is 1. The molecule has 0 bridgehead atoms. The Labute approximate surface area is 96.9 Å². The summed E-state index contributed by atoms with van der Waals surface area (Å²) in [5.41, 5.74) is 0. The van der Waals surface area contributed by atoms with E-state index in [4.69, 9.17) is 0 Å². The molecule has 0 aromatic carbocycles. The summed E-state index contributed by atoms with van der Waals surface area (Å²) < 4.78 is 0. The summed E-state index contributed by atoms with van der Waals surface area (Å²) in [6.45, 7) is 1.04. The summed E-state index contributed by atoms with van der Waals surface area (Å²) in [6, 6.07) is 5.95. The quantitative estimate of drug-likeness (QED) is 0.685. The van der Waals surface area contributed by atoms with E-state index in [0.717, 1.165) is 12.4 Å². The van der Waals surface area contributed by atoms with Crippen molar-refractivity contribution >= 4 is 17.6 Å². The number of nitrogens with one attached hydrogen (secondary N) is 1. The van der Waals surface area contributed by atoms with Crippen LogP contribution in [-0.2, 0) is 0 Å². The van der Waals surface area contributed by atoms with Crippen LogP contribution in [0.15, 0.2) is 24.4 Å². The van der Waals surface area contributed by atoms with E-state index in [1.807, 2.05) is 36.2 Å². The molecule has 2 nitrogen and oxygen atoms in total. The van der Waals surface area contributed by atoms with E-state index in [1.54, 1.807) is 0 Å². The summed E-state index contributed by atoms with van der Waals surface area (Å²) in [5, 5.41) is 3.32. The number of hydrogen-bond acceptors (Lipinski definition) is 3. The summed E-state index contributed by atoms with van der Waals surface area (Å²) in [7, 11) is 0. The van der Waals surface area contributed by atoms with Crippen molar-refractivity contribution in [3.63, 3.8) is 0 Å². The Hall–Kier alpha value is -0.700. The van der Waals surface area contributed by atoms with Gasteiger partial charge in [-0.3, -0.25) is 0 Å². The van der Waals surface area contributed by atoms with Crippen molar-refractivity contribution in [2.24, 2.45) is 0 Å². The smallest absolute Gasteiger partial charge is 0.125 e. The van der Waals surface area contributed by atoms with E-state index < -0.39 is 0 Å². The van der Waals surface area contributed by atoms with Crippen LogP contribution in [0.25, 0.3) is 0 Å². The fraction of sp³-hybridized carbons (Fsp3) is 0.583. The van der Waals surface area contributed by atoms with Gasteiger partial charge in [-0.15, -0.1) is 0 Å². The van der Waals surface area contributed by atoms with Crippen molar-refractivity contribution in [2.75, 3.05) is 23.9 Å². The van der Waals surface area contributed by atoms with Gasteiger partial charge in [-0.2, -0.15) is 11.8 Å². The maximum Gasteiger partial charge on any atom is 0.125 e. The molecule has 1 aromatic rings. The minimum atomic E-state index is 0.988. The average molecular weight is 224 g/mol. The van der Waals surface area contributed by atoms with Crippen LogP contribution in [0, 0.1) is 0 Å². The molecule has 84 valence electrons. The lowest BCUT2D eigenvalue weighted by atomic mass is 10.2. The summed E-state index contributed by atoms with van der Waals surface area (Å²) in [5.74, 6) is 2.29. The number of hydrogen-bond donors (Lipinski definition) is 1. The lowest BCUT2D eigenvalue weighted by molar-refractivity contribution is 0.688. The zero-order valence-corrected chi connectivity index (χ0v) is 10.2. The lowest BCUT2D eigenvalue weighted by Gasteiger charge is -2.04. The van der Waals surface area contributed by atoms with E-state index >= 15 is 0 Å². The Bertz CT molecular complexity index is 239. The molecule has 0 saturated heterocycles. The topological polar surface area (TPSA) is 24.9 Å². The highest BCUT2D eigenvalue weighted by Gasteiger charge is 1.92. The maximum absolute atomic E-state index is 4.21. The number of anilines is 1. The van der Waals surface area contributed by atoms with Crippen molar-refractivity contribution in [1.29, 1.82) is 0 Å². The largest absolute Gasteiger partial charge is 0.370 e. The molecule has 0 aliphatic rings. The normalized spacial score (nSPS) is 10.2. The summed E-state index contributed by atoms with van der Waals surface area (Å²) >= 11 is 1.94. The standard InChI is InChI=1S/C12H20N2S/c1-15-11-7-3-2-5-9-13-12-8-4-6-10-14-12/h4,6,8,10H,2-3,5,7,9,11H2,1H3,(H,13,14). The number of pyridine rings is 1. The van der Waals surface area contributed by atoms with E-state index in [9.17, 15) is 0 Å². The lowest BCUT2D eigenvalue weighted by Crippen LogP contribution is -2.02. The SMILES string of the molecule is CSCCCCCCNc1ccccn1. The zero-order chi connectivity index (χ0) is 10.8. The number of rotatable bonds is 8. The van der Waals surface area contributed by atoms with E-state index in [1.165, 1.54) is 31.4 Å². The van der Waals surface area contributed by atoms with Gasteiger partial charge in [0.05, 0.1) is 0 Å². The molecule has 1 rings (SSSR count). The number of unbranched alkanes of at least 4 members (excludes halogenated alkanes) is 3. The Morgan fingerprint density at radius 2 is 2.07 bits per heavy atom. The van der Waals surface area contributed by atoms with Crippen molar-refractivity contribution in [3.8, 4) is 0 Å². The Morgan fingerprint density at radius 1 is 1.20 bits per heavy atom. The molecule has 0 unspecified atom stereocenters. The molecule has 0 spiro atoms. The fourth-order valence-electron chi connectivity index (χ4n) is 1.41. The monoisotopic (exact) mass is 224 g/mol. The third kappa shape index (κ3) is 6.39. The van der Waals surface area contributed by atoms with Crippen LogP contribution >= 0.6 is 11.8 Å². The third-order valence-electron chi connectivity index (χ3n) is 2.25. The van der Waals surface area contributed by atoms with Gasteiger partial charge in [0.25, 0.3) is 0 Å². The highest BCUT2D eigenvalue weighted by molar-refractivity contribution is 7.98. The molecule has 1 N–H and O–H groups in total. The second-order valence-electron chi connectivity index (χ2n) is 3.55. The Morgan fingerprint density at radius 3 is 2.80 bits per heavy atom. The summed E-state index contributed by atoms with van der Waals surface area (Å²) in [4.78, 5) is 4.21. The third-order valence-corrected chi connectivity index (χ3v) is 2.94. The van der Waals surface area contributed by atoms with Gasteiger partial charge in [0.2, 0.25) is 0 Å². The van der Waals surface area contributed by atoms with Crippen LogP contribution in [0.3, 0.4) is 0 Å². The molecule has 0 aliphatic heterocycles. The maximum atomic E-state index is 4.21. The van der Waals surface area contributed by atoms with Gasteiger partial charge in [-0.25, -0.2) is 4.98 Å². The van der Waals surface area contributed by atoms with Crippen LogP contribution in [0.4, 0.5) is 5.82 Å². The molecule has 1 aromatic heterocycles. The molecule has 1 heterocycles. The first-order valence-corrected chi connectivity index (χ1v) is 6.96. The van der Waals surface area contributed by atoms with Gasteiger partial charge in [-0.05, 0) is 37.0 Å². The van der Waals surface area contributed by atoms with Crippen LogP contribution in [-0.4, -0.2) is 23.5 Å². The van der Waals surface area contributed by atoms with Crippen LogP contribution < -0.4 is 5.32 Å². The van der Waals surface area contributed by atoms with Crippen molar-refractivity contribution < 1.29 is 0 Å². The molecule has 0 saturated carbocycles. The van der Waals surface area contributed by atoms with E-state index in [2.05, 4.69) is 16.6 Å². The minimum absolute atomic E-state index is 0.988. The molecule has 3 heteroatoms. The highest BCUT2D eigenvalue weighted by Crippen LogP contribution is 2.05. The molecule has 0 fully saturated rings. The van der Waals surface area contributed by atoms with Gasteiger partial charge >= 0.3 is 0 Å². The van der Waals surface area contributed by atoms with Gasteiger partial charge in [0.1, 0.15) is 5.82 Å². The molecule has 15 heavy (non-hydrogen) atoms. The first-order chi connectivity index (χ1) is 7.43. The second-order valence-corrected chi connectivity index (χ2v) is 4.53. The molecule has 0 atom stereocenters. The Balaban J connectivity index is 1.93. The predicted molar refractivity (Wildman–Crippen MR) is 69.6 cm³/mol. The van der Waals surface area contributed by atoms with E-state index in [0.29, 0.717) is 0 Å². The van der Waals surface area contributed by atoms with Crippen molar-refractivity contribution in [1.82, 2.24) is 4.98 Å². The molecule has 0 radical (unpaired) electrons. The van der Waals surface area contributed by atoms with Crippen LogP contribution in [0.2, 0.25) is 0 Å². The van der Waals surface area contributed by atoms with Gasteiger partial charge in [-0.1, -0.05) is 18.9 Å². The minimum Gasteiger partial charge on any atom is -0.370 e. The highest BCUT2D eigenvalue weighted by atomic mass is 32.2. The van der Waals surface area contributed by atoms with Crippen molar-refractivity contribution in [3.05, 3.63) is 24.4 Å². The molecule has 0 amide bonds. The summed E-state index contributed by atoms with van der Waals surface area (Å²) in [6.07, 6.45) is 9.25. The molecular weight excluding hydrogens is 204 g/mol. The average Bonchev–Trinajstić information content (AvgIpc) is 2.29. The van der Waals surface area contributed by atoms with Gasteiger partial charge in [0, 0.05) is 12.7 Å². The van der Waals surface area contributed by atoms with Crippen LogP contribution in [0.5, 0.6) is 0 Å². The second kappa shape index (κ2) is 8.60. The predicted octanol–water partition coefficient (Wildman–Crippen LogP) is 3.42. The van der Waals surface area contributed by atoms with Crippen LogP contribution in [0.1, 0.15) is 25.7 Å². The molecular formula is C12H20N2S. The van der Waals surface area contributed by atoms with Crippen molar-refractivity contribution in [2.45, 2.75) is 25.7 Å². The van der Waals surface area contributed by atoms with Gasteiger partial charge in [0.15, 0.2) is 0 Å². The number of nitrogens with zero attached hydrogens (tertiary/aromatic N) is 1. The fourth-order valence-corrected chi connectivity index (χ4v) is 1.90.